The lowest BCUT2D eigenvalue weighted by Crippen LogP contribution is -2.47. The number of nitrogens with one attached hydrogen (secondary N) is 1. The molecule has 144 valence electrons. The molecule has 1 aromatic rings. The highest BCUT2D eigenvalue weighted by molar-refractivity contribution is 5.80. The lowest BCUT2D eigenvalue weighted by Gasteiger charge is -2.30. The van der Waals surface area contributed by atoms with E-state index in [0.717, 1.165) is 31.4 Å². The molecule has 0 bridgehead atoms. The van der Waals surface area contributed by atoms with Gasteiger partial charge in [-0.3, -0.25) is 4.79 Å². The minimum atomic E-state index is -0.413. The highest BCUT2D eigenvalue weighted by Gasteiger charge is 2.36. The maximum atomic E-state index is 12.6. The molecule has 0 unspecified atom stereocenters. The average molecular weight is 376 g/mol. The van der Waals surface area contributed by atoms with Gasteiger partial charge in [-0.2, -0.15) is 10.5 Å². The molecule has 28 heavy (non-hydrogen) atoms. The number of ether oxygens (including phenoxy) is 1. The summed E-state index contributed by atoms with van der Waals surface area (Å²) in [7, 11) is 0. The molecule has 1 aliphatic heterocycles. The molecule has 1 N–H and O–H groups in total. The second-order valence-electron chi connectivity index (χ2n) is 7.32. The molecule has 2 fully saturated rings. The van der Waals surface area contributed by atoms with Crippen molar-refractivity contribution in [2.45, 2.75) is 62.8 Å². The number of benzene rings is 1. The summed E-state index contributed by atoms with van der Waals surface area (Å²) in [6.45, 7) is 0.205. The Balaban J connectivity index is 1.44. The first kappa shape index (κ1) is 19.7. The Hall–Kier alpha value is -3.01. The number of carbonyl (C=O) groups excluding carboxylic acids is 1. The van der Waals surface area contributed by atoms with E-state index < -0.39 is 6.04 Å². The first-order chi connectivity index (χ1) is 13.6. The molecular weight excluding hydrogens is 352 g/mol. The van der Waals surface area contributed by atoms with Crippen molar-refractivity contribution in [2.24, 2.45) is 0 Å². The SMILES string of the molecule is C#C[C@H]1CC[C@@H](C#N)N1C(=O)CNC1CCC(Oc2cccc(C#N)c2)CC1. The number of nitriles is 2. The van der Waals surface area contributed by atoms with E-state index in [4.69, 9.17) is 16.4 Å². The number of rotatable bonds is 5. The van der Waals surface area contributed by atoms with Crippen molar-refractivity contribution in [3.63, 3.8) is 0 Å². The molecule has 0 spiro atoms. The fourth-order valence-electron chi connectivity index (χ4n) is 3.99. The van der Waals surface area contributed by atoms with Gasteiger partial charge in [-0.15, -0.1) is 6.42 Å². The number of nitrogens with zero attached hydrogens (tertiary/aromatic N) is 3. The normalized spacial score (nSPS) is 26.7. The van der Waals surface area contributed by atoms with Crippen molar-refractivity contribution in [3.05, 3.63) is 29.8 Å². The minimum Gasteiger partial charge on any atom is -0.490 e. The van der Waals surface area contributed by atoms with Crippen LogP contribution in [0, 0.1) is 35.0 Å². The van der Waals surface area contributed by atoms with Crippen LogP contribution in [0.2, 0.25) is 0 Å². The van der Waals surface area contributed by atoms with Crippen molar-refractivity contribution in [3.8, 4) is 30.2 Å². The van der Waals surface area contributed by atoms with Crippen molar-refractivity contribution in [2.75, 3.05) is 6.54 Å². The lowest BCUT2D eigenvalue weighted by atomic mass is 9.93. The average Bonchev–Trinajstić information content (AvgIpc) is 3.16. The topological polar surface area (TPSA) is 89.2 Å². The zero-order chi connectivity index (χ0) is 19.9. The van der Waals surface area contributed by atoms with Gasteiger partial charge in [0.05, 0.1) is 36.4 Å². The lowest BCUT2D eigenvalue weighted by molar-refractivity contribution is -0.131. The summed E-state index contributed by atoms with van der Waals surface area (Å²) < 4.78 is 6.00. The summed E-state index contributed by atoms with van der Waals surface area (Å²) in [5.74, 6) is 3.25. The van der Waals surface area contributed by atoms with Gasteiger partial charge in [0.2, 0.25) is 5.91 Å². The van der Waals surface area contributed by atoms with Crippen molar-refractivity contribution in [1.29, 1.82) is 10.5 Å². The molecule has 1 aliphatic carbocycles. The zero-order valence-electron chi connectivity index (χ0n) is 15.8. The molecule has 0 aromatic heterocycles. The Kier molecular flexibility index (Phi) is 6.53. The van der Waals surface area contributed by atoms with Gasteiger partial charge in [0, 0.05) is 6.04 Å². The van der Waals surface area contributed by atoms with Gasteiger partial charge in [-0.05, 0) is 56.7 Å². The Labute approximate surface area is 166 Å². The van der Waals surface area contributed by atoms with E-state index in [9.17, 15) is 10.1 Å². The molecule has 6 heteroatoms. The molecule has 1 saturated heterocycles. The summed E-state index contributed by atoms with van der Waals surface area (Å²) in [6.07, 6.45) is 10.6. The van der Waals surface area contributed by atoms with Gasteiger partial charge < -0.3 is 15.0 Å². The smallest absolute Gasteiger partial charge is 0.238 e. The Bertz CT molecular complexity index is 802. The molecule has 2 aliphatic rings. The Morgan fingerprint density at radius 1 is 1.18 bits per heavy atom. The van der Waals surface area contributed by atoms with E-state index in [1.54, 1.807) is 17.0 Å². The highest BCUT2D eigenvalue weighted by atomic mass is 16.5. The van der Waals surface area contributed by atoms with E-state index in [1.807, 2.05) is 12.1 Å². The molecule has 1 saturated carbocycles. The third-order valence-electron chi connectivity index (χ3n) is 5.50. The standard InChI is InChI=1S/C22H24N4O2/c1-2-18-8-9-19(14-24)26(18)22(27)15-25-17-6-10-20(11-7-17)28-21-5-3-4-16(12-21)13-23/h1,3-5,12,17-20,25H,6-11,15H2/t17?,18-,19-,20?/m0/s1. The maximum absolute atomic E-state index is 12.6. The van der Waals surface area contributed by atoms with E-state index in [1.165, 1.54) is 0 Å². The molecule has 6 nitrogen and oxygen atoms in total. The van der Waals surface area contributed by atoms with Crippen molar-refractivity contribution >= 4 is 5.91 Å². The summed E-state index contributed by atoms with van der Waals surface area (Å²) in [6, 6.07) is 11.1. The van der Waals surface area contributed by atoms with Crippen LogP contribution in [0.1, 0.15) is 44.1 Å². The van der Waals surface area contributed by atoms with Crippen LogP contribution >= 0.6 is 0 Å². The summed E-state index contributed by atoms with van der Waals surface area (Å²) in [4.78, 5) is 14.1. The van der Waals surface area contributed by atoms with Crippen LogP contribution in [0.25, 0.3) is 0 Å². The number of amides is 1. The predicted octanol–water partition coefficient (Wildman–Crippen LogP) is 2.35. The van der Waals surface area contributed by atoms with Crippen LogP contribution in [0.3, 0.4) is 0 Å². The number of hydrogen-bond acceptors (Lipinski definition) is 5. The van der Waals surface area contributed by atoms with E-state index in [0.29, 0.717) is 18.4 Å². The molecule has 2 atom stereocenters. The highest BCUT2D eigenvalue weighted by Crippen LogP contribution is 2.25. The van der Waals surface area contributed by atoms with E-state index in [2.05, 4.69) is 23.4 Å². The first-order valence-electron chi connectivity index (χ1n) is 9.71. The molecule has 3 rings (SSSR count). The van der Waals surface area contributed by atoms with Crippen molar-refractivity contribution in [1.82, 2.24) is 10.2 Å². The van der Waals surface area contributed by atoms with Gasteiger partial charge in [0.1, 0.15) is 11.8 Å². The fourth-order valence-corrected chi connectivity index (χ4v) is 3.99. The predicted molar refractivity (Wildman–Crippen MR) is 104 cm³/mol. The maximum Gasteiger partial charge on any atom is 0.238 e. The van der Waals surface area contributed by atoms with Gasteiger partial charge in [0.15, 0.2) is 0 Å². The van der Waals surface area contributed by atoms with Gasteiger partial charge in [-0.25, -0.2) is 0 Å². The second kappa shape index (κ2) is 9.27. The van der Waals surface area contributed by atoms with Crippen LogP contribution in [0.4, 0.5) is 0 Å². The summed E-state index contributed by atoms with van der Waals surface area (Å²) >= 11 is 0. The molecule has 1 amide bonds. The largest absolute Gasteiger partial charge is 0.490 e. The van der Waals surface area contributed by atoms with E-state index >= 15 is 0 Å². The number of carbonyl (C=O) groups is 1. The first-order valence-corrected chi connectivity index (χ1v) is 9.71. The third kappa shape index (κ3) is 4.63. The van der Waals surface area contributed by atoms with Gasteiger partial charge >= 0.3 is 0 Å². The zero-order valence-corrected chi connectivity index (χ0v) is 15.8. The van der Waals surface area contributed by atoms with Gasteiger partial charge in [0.25, 0.3) is 0 Å². The van der Waals surface area contributed by atoms with Crippen LogP contribution in [0.5, 0.6) is 5.75 Å². The molecule has 1 aromatic carbocycles. The summed E-state index contributed by atoms with van der Waals surface area (Å²) in [5, 5.41) is 21.5. The molecule has 1 heterocycles. The third-order valence-corrected chi connectivity index (χ3v) is 5.50. The van der Waals surface area contributed by atoms with Crippen LogP contribution < -0.4 is 10.1 Å². The second-order valence-corrected chi connectivity index (χ2v) is 7.32. The minimum absolute atomic E-state index is 0.0984. The number of hydrogen-bond donors (Lipinski definition) is 1. The monoisotopic (exact) mass is 376 g/mol. The number of likely N-dealkylation sites (tertiary alicyclic amines) is 1. The summed E-state index contributed by atoms with van der Waals surface area (Å²) in [5.41, 5.74) is 0.592. The quantitative estimate of drug-likeness (QED) is 0.797. The Morgan fingerprint density at radius 3 is 2.61 bits per heavy atom. The van der Waals surface area contributed by atoms with Crippen LogP contribution in [-0.4, -0.2) is 41.6 Å². The Morgan fingerprint density at radius 2 is 1.93 bits per heavy atom. The van der Waals surface area contributed by atoms with Crippen LogP contribution in [-0.2, 0) is 4.79 Å². The molecular formula is C22H24N4O2. The number of terminal acetylenes is 1. The van der Waals surface area contributed by atoms with Gasteiger partial charge in [-0.1, -0.05) is 12.0 Å². The van der Waals surface area contributed by atoms with Crippen LogP contribution in [0.15, 0.2) is 24.3 Å². The molecule has 0 radical (unpaired) electrons. The van der Waals surface area contributed by atoms with Crippen molar-refractivity contribution < 1.29 is 9.53 Å². The fraction of sp³-hybridized carbons (Fsp3) is 0.500. The van der Waals surface area contributed by atoms with E-state index in [-0.39, 0.29) is 30.6 Å².